The summed E-state index contributed by atoms with van der Waals surface area (Å²) in [5, 5.41) is 8.38. The van der Waals surface area contributed by atoms with Gasteiger partial charge in [-0.15, -0.1) is 0 Å². The molecule has 4 rings (SSSR count). The molecule has 1 amide bonds. The molecule has 0 radical (unpaired) electrons. The van der Waals surface area contributed by atoms with Gasteiger partial charge in [0, 0.05) is 28.4 Å². The van der Waals surface area contributed by atoms with Crippen LogP contribution in [0.1, 0.15) is 36.6 Å². The Kier molecular flexibility index (Phi) is 8.14. The van der Waals surface area contributed by atoms with Gasteiger partial charge in [-0.2, -0.15) is 9.82 Å². The third-order valence-electron chi connectivity index (χ3n) is 5.49. The number of hydrogen-bond donors (Lipinski definition) is 3. The van der Waals surface area contributed by atoms with Gasteiger partial charge in [-0.25, -0.2) is 8.42 Å². The lowest BCUT2D eigenvalue weighted by molar-refractivity contribution is -0.114. The maximum atomic E-state index is 13.4. The summed E-state index contributed by atoms with van der Waals surface area (Å²) in [5.74, 6) is -0.329. The van der Waals surface area contributed by atoms with Crippen molar-refractivity contribution in [3.63, 3.8) is 0 Å². The van der Waals surface area contributed by atoms with E-state index in [1.807, 2.05) is 12.1 Å². The lowest BCUT2D eigenvalue weighted by Crippen LogP contribution is -2.33. The fourth-order valence-electron chi connectivity index (χ4n) is 3.75. The average Bonchev–Trinajstić information content (AvgIpc) is 3.29. The number of carbonyl (C=O) groups is 1. The van der Waals surface area contributed by atoms with Gasteiger partial charge < -0.3 is 10.7 Å². The number of halogens is 4. The molecule has 3 aromatic carbocycles. The predicted octanol–water partition coefficient (Wildman–Crippen LogP) is 6.37. The topological polar surface area (TPSA) is 99.7 Å². The van der Waals surface area contributed by atoms with Crippen LogP contribution in [0.2, 0.25) is 20.1 Å². The third-order valence-corrected chi connectivity index (χ3v) is 8.04. The maximum Gasteiger partial charge on any atom is 0.241 e. The molecule has 36 heavy (non-hydrogen) atoms. The summed E-state index contributed by atoms with van der Waals surface area (Å²) >= 11 is 24.8. The smallest absolute Gasteiger partial charge is 0.241 e. The molecule has 3 aromatic rings. The van der Waals surface area contributed by atoms with Crippen molar-refractivity contribution in [2.24, 2.45) is 5.10 Å². The molecule has 7 nitrogen and oxygen atoms in total. The van der Waals surface area contributed by atoms with Crippen molar-refractivity contribution in [2.45, 2.75) is 30.3 Å². The van der Waals surface area contributed by atoms with Crippen molar-refractivity contribution in [2.75, 3.05) is 5.32 Å². The number of benzene rings is 3. The third kappa shape index (κ3) is 6.14. The highest BCUT2D eigenvalue weighted by Crippen LogP contribution is 2.34. The summed E-state index contributed by atoms with van der Waals surface area (Å²) in [5.41, 5.74) is 5.33. The standard InChI is InChI=1S/C24H20Cl4N4O3S/c1-13(33)29-21-9-7-17(11-20(21)28)36(34,35)32-24(18-8-6-16(26)10-19(18)27)23-12-22(30-31-23)14-2-4-15(25)5-3-14/h2-11,22,24,30,32H,12H2,1H3,(H,29,33). The maximum absolute atomic E-state index is 13.4. The van der Waals surface area contributed by atoms with Gasteiger partial charge in [0.15, 0.2) is 0 Å². The van der Waals surface area contributed by atoms with Crippen molar-refractivity contribution >= 4 is 73.7 Å². The van der Waals surface area contributed by atoms with E-state index in [0.717, 1.165) is 5.56 Å². The van der Waals surface area contributed by atoms with Gasteiger partial charge >= 0.3 is 0 Å². The number of sulfonamides is 1. The second-order valence-electron chi connectivity index (χ2n) is 8.08. The minimum atomic E-state index is -4.09. The Morgan fingerprint density at radius 3 is 2.31 bits per heavy atom. The zero-order chi connectivity index (χ0) is 26.0. The first-order valence-electron chi connectivity index (χ1n) is 10.7. The highest BCUT2D eigenvalue weighted by molar-refractivity contribution is 7.89. The van der Waals surface area contributed by atoms with Crippen LogP contribution in [0.5, 0.6) is 0 Å². The molecule has 1 aliphatic heterocycles. The number of hydrogen-bond acceptors (Lipinski definition) is 5. The first-order chi connectivity index (χ1) is 17.0. The van der Waals surface area contributed by atoms with Crippen LogP contribution < -0.4 is 15.5 Å². The molecule has 2 unspecified atom stereocenters. The molecule has 0 bridgehead atoms. The van der Waals surface area contributed by atoms with Crippen molar-refractivity contribution in [3.05, 3.63) is 91.9 Å². The van der Waals surface area contributed by atoms with Crippen molar-refractivity contribution in [1.29, 1.82) is 0 Å². The predicted molar refractivity (Wildman–Crippen MR) is 145 cm³/mol. The molecule has 12 heteroatoms. The number of rotatable bonds is 7. The monoisotopic (exact) mass is 584 g/mol. The number of nitrogens with zero attached hydrogens (tertiary/aromatic N) is 1. The zero-order valence-corrected chi connectivity index (χ0v) is 22.6. The molecule has 2 atom stereocenters. The Labute approximate surface area is 228 Å². The van der Waals surface area contributed by atoms with Crippen LogP contribution in [0.15, 0.2) is 70.7 Å². The number of amides is 1. The normalized spacial score (nSPS) is 16.2. The van der Waals surface area contributed by atoms with Crippen molar-refractivity contribution in [3.8, 4) is 0 Å². The van der Waals surface area contributed by atoms with Crippen molar-refractivity contribution in [1.82, 2.24) is 10.1 Å². The Balaban J connectivity index is 1.66. The lowest BCUT2D eigenvalue weighted by Gasteiger charge is -2.21. The molecule has 0 saturated heterocycles. The van der Waals surface area contributed by atoms with Crippen LogP contribution in [0, 0.1) is 0 Å². The lowest BCUT2D eigenvalue weighted by atomic mass is 9.96. The number of carbonyl (C=O) groups excluding carboxylic acids is 1. The van der Waals surface area contributed by atoms with Crippen LogP contribution in [0.4, 0.5) is 5.69 Å². The van der Waals surface area contributed by atoms with Crippen LogP contribution in [-0.4, -0.2) is 20.0 Å². The van der Waals surface area contributed by atoms with Crippen LogP contribution in [0.25, 0.3) is 0 Å². The number of nitrogens with one attached hydrogen (secondary N) is 3. The van der Waals surface area contributed by atoms with Crippen molar-refractivity contribution < 1.29 is 13.2 Å². The molecule has 0 aliphatic carbocycles. The van der Waals surface area contributed by atoms with E-state index in [4.69, 9.17) is 46.4 Å². The number of hydrazone groups is 1. The Morgan fingerprint density at radius 1 is 0.972 bits per heavy atom. The summed E-state index contributed by atoms with van der Waals surface area (Å²) in [6.45, 7) is 1.33. The van der Waals surface area contributed by atoms with E-state index in [2.05, 4.69) is 20.6 Å². The molecule has 0 spiro atoms. The second-order valence-corrected chi connectivity index (χ2v) is 11.5. The molecule has 1 aliphatic rings. The minimum Gasteiger partial charge on any atom is -0.325 e. The summed E-state index contributed by atoms with van der Waals surface area (Å²) < 4.78 is 29.5. The molecule has 1 heterocycles. The fraction of sp³-hybridized carbons (Fsp3) is 0.167. The van der Waals surface area contributed by atoms with E-state index in [0.29, 0.717) is 33.4 Å². The number of anilines is 1. The van der Waals surface area contributed by atoms with Gasteiger partial charge in [-0.05, 0) is 53.6 Å². The van der Waals surface area contributed by atoms with Crippen LogP contribution >= 0.6 is 46.4 Å². The summed E-state index contributed by atoms with van der Waals surface area (Å²) in [4.78, 5) is 11.3. The fourth-order valence-corrected chi connectivity index (χ4v) is 5.92. The van der Waals surface area contributed by atoms with Gasteiger partial charge in [0.05, 0.1) is 33.4 Å². The SMILES string of the molecule is CC(=O)Nc1ccc(S(=O)(=O)NC(C2=NNC(c3ccc(Cl)cc3)C2)c2ccc(Cl)cc2Cl)cc1Cl. The second kappa shape index (κ2) is 11.0. The van der Waals surface area contributed by atoms with E-state index < -0.39 is 16.1 Å². The summed E-state index contributed by atoms with van der Waals surface area (Å²) in [6.07, 6.45) is 0.413. The van der Waals surface area contributed by atoms with Gasteiger partial charge in [-0.1, -0.05) is 64.6 Å². The minimum absolute atomic E-state index is 0.0804. The summed E-state index contributed by atoms with van der Waals surface area (Å²) in [7, 11) is -4.09. The van der Waals surface area contributed by atoms with E-state index in [9.17, 15) is 13.2 Å². The quantitative estimate of drug-likeness (QED) is 0.300. The highest BCUT2D eigenvalue weighted by Gasteiger charge is 2.32. The van der Waals surface area contributed by atoms with E-state index in [-0.39, 0.29) is 26.9 Å². The first-order valence-corrected chi connectivity index (χ1v) is 13.6. The van der Waals surface area contributed by atoms with Gasteiger partial charge in [0.25, 0.3) is 0 Å². The van der Waals surface area contributed by atoms with E-state index in [1.54, 1.807) is 30.3 Å². The Morgan fingerprint density at radius 2 is 1.67 bits per heavy atom. The first kappa shape index (κ1) is 26.7. The molecule has 0 aromatic heterocycles. The van der Waals surface area contributed by atoms with E-state index in [1.165, 1.54) is 25.1 Å². The van der Waals surface area contributed by atoms with Gasteiger partial charge in [0.2, 0.25) is 15.9 Å². The molecule has 3 N–H and O–H groups in total. The largest absolute Gasteiger partial charge is 0.325 e. The van der Waals surface area contributed by atoms with Crippen LogP contribution in [0.3, 0.4) is 0 Å². The van der Waals surface area contributed by atoms with E-state index >= 15 is 0 Å². The summed E-state index contributed by atoms with van der Waals surface area (Å²) in [6, 6.07) is 15.1. The molecular formula is C24H20Cl4N4O3S. The van der Waals surface area contributed by atoms with Gasteiger partial charge in [0.1, 0.15) is 0 Å². The van der Waals surface area contributed by atoms with Gasteiger partial charge in [-0.3, -0.25) is 4.79 Å². The molecule has 188 valence electrons. The molecular weight excluding hydrogens is 566 g/mol. The average molecular weight is 586 g/mol. The van der Waals surface area contributed by atoms with Crippen LogP contribution in [-0.2, 0) is 14.8 Å². The molecule has 0 saturated carbocycles. The highest BCUT2D eigenvalue weighted by atomic mass is 35.5. The molecule has 0 fully saturated rings. The Hall–Kier alpha value is -2.33. The Bertz CT molecular complexity index is 1450. The zero-order valence-electron chi connectivity index (χ0n) is 18.7.